The maximum Gasteiger partial charge on any atom is 0.145 e. The Morgan fingerprint density at radius 2 is 1.87 bits per heavy atom. The molecular formula is C24H23ClN4O2. The molecule has 0 unspecified atom stereocenters. The van der Waals surface area contributed by atoms with Crippen LogP contribution < -0.4 is 14.8 Å². The highest BCUT2D eigenvalue weighted by Gasteiger charge is 2.12. The minimum atomic E-state index is 0.350. The van der Waals surface area contributed by atoms with Gasteiger partial charge in [0.25, 0.3) is 0 Å². The molecule has 0 atom stereocenters. The molecule has 0 spiro atoms. The van der Waals surface area contributed by atoms with Crippen LogP contribution in [0.1, 0.15) is 25.5 Å². The number of benzene rings is 2. The summed E-state index contributed by atoms with van der Waals surface area (Å²) in [5, 5.41) is 4.68. The zero-order valence-corrected chi connectivity index (χ0v) is 18.0. The van der Waals surface area contributed by atoms with Crippen molar-refractivity contribution in [2.75, 3.05) is 11.9 Å². The minimum Gasteiger partial charge on any atom is -0.493 e. The van der Waals surface area contributed by atoms with Crippen molar-refractivity contribution < 1.29 is 9.47 Å². The number of pyridine rings is 1. The Morgan fingerprint density at radius 3 is 2.68 bits per heavy atom. The Kier molecular flexibility index (Phi) is 6.79. The van der Waals surface area contributed by atoms with Gasteiger partial charge in [0.1, 0.15) is 30.3 Å². The molecule has 4 aromatic rings. The van der Waals surface area contributed by atoms with Gasteiger partial charge in [-0.15, -0.1) is 0 Å². The molecule has 158 valence electrons. The summed E-state index contributed by atoms with van der Waals surface area (Å²) in [5.74, 6) is 2.01. The molecule has 31 heavy (non-hydrogen) atoms. The summed E-state index contributed by atoms with van der Waals surface area (Å²) in [6, 6.07) is 17.0. The number of rotatable bonds is 9. The van der Waals surface area contributed by atoms with E-state index in [4.69, 9.17) is 21.1 Å². The highest BCUT2D eigenvalue weighted by molar-refractivity contribution is 6.32. The zero-order chi connectivity index (χ0) is 21.5. The van der Waals surface area contributed by atoms with Crippen LogP contribution in [0.4, 0.5) is 11.5 Å². The van der Waals surface area contributed by atoms with Crippen molar-refractivity contribution in [2.24, 2.45) is 0 Å². The fraction of sp³-hybridized carbons (Fsp3) is 0.208. The molecule has 7 heteroatoms. The monoisotopic (exact) mass is 434 g/mol. The molecule has 2 heterocycles. The van der Waals surface area contributed by atoms with Crippen LogP contribution >= 0.6 is 11.6 Å². The van der Waals surface area contributed by atoms with E-state index in [1.54, 1.807) is 6.20 Å². The van der Waals surface area contributed by atoms with Crippen molar-refractivity contribution in [1.82, 2.24) is 15.0 Å². The molecule has 0 fully saturated rings. The van der Waals surface area contributed by atoms with Crippen molar-refractivity contribution in [3.05, 3.63) is 77.8 Å². The Balaban J connectivity index is 1.54. The number of hydrogen-bond donors (Lipinski definition) is 1. The molecule has 6 nitrogen and oxygen atoms in total. The van der Waals surface area contributed by atoms with E-state index in [0.29, 0.717) is 29.8 Å². The highest BCUT2D eigenvalue weighted by Crippen LogP contribution is 2.34. The molecule has 0 saturated carbocycles. The summed E-state index contributed by atoms with van der Waals surface area (Å²) in [4.78, 5) is 13.1. The van der Waals surface area contributed by atoms with E-state index >= 15 is 0 Å². The Labute approximate surface area is 186 Å². The summed E-state index contributed by atoms with van der Waals surface area (Å²) >= 11 is 6.45. The number of nitrogens with one attached hydrogen (secondary N) is 1. The summed E-state index contributed by atoms with van der Waals surface area (Å²) in [7, 11) is 0. The third-order valence-electron chi connectivity index (χ3n) is 4.68. The second-order valence-corrected chi connectivity index (χ2v) is 7.36. The van der Waals surface area contributed by atoms with E-state index in [-0.39, 0.29) is 0 Å². The molecule has 0 bridgehead atoms. The van der Waals surface area contributed by atoms with E-state index in [9.17, 15) is 0 Å². The number of halogens is 1. The first kappa shape index (κ1) is 20.9. The maximum absolute atomic E-state index is 6.45. The first-order valence-corrected chi connectivity index (χ1v) is 10.6. The summed E-state index contributed by atoms with van der Waals surface area (Å²) in [6.45, 7) is 3.14. The van der Waals surface area contributed by atoms with Gasteiger partial charge in [-0.2, -0.15) is 0 Å². The Morgan fingerprint density at radius 1 is 0.935 bits per heavy atom. The number of aromatic nitrogens is 3. The Bertz CT molecular complexity index is 1150. The first-order chi connectivity index (χ1) is 15.2. The second-order valence-electron chi connectivity index (χ2n) is 6.95. The van der Waals surface area contributed by atoms with Crippen molar-refractivity contribution in [2.45, 2.75) is 26.4 Å². The fourth-order valence-electron chi connectivity index (χ4n) is 3.09. The number of anilines is 2. The molecule has 0 amide bonds. The van der Waals surface area contributed by atoms with Gasteiger partial charge in [0, 0.05) is 11.9 Å². The second kappa shape index (κ2) is 10.1. The largest absolute Gasteiger partial charge is 0.493 e. The van der Waals surface area contributed by atoms with Crippen LogP contribution in [0, 0.1) is 0 Å². The maximum atomic E-state index is 6.45. The lowest BCUT2D eigenvalue weighted by Crippen LogP contribution is -2.01. The SMILES string of the molecule is CCCCOc1cccc2ncnc(Nc3ccc(OCc4ccccn4)c(Cl)c3)c12. The normalized spacial score (nSPS) is 10.8. The first-order valence-electron chi connectivity index (χ1n) is 10.2. The van der Waals surface area contributed by atoms with Gasteiger partial charge in [-0.05, 0) is 48.9 Å². The van der Waals surface area contributed by atoms with Gasteiger partial charge in [0.15, 0.2) is 0 Å². The van der Waals surface area contributed by atoms with Gasteiger partial charge in [0.2, 0.25) is 0 Å². The number of ether oxygens (including phenoxy) is 2. The predicted molar refractivity (Wildman–Crippen MR) is 123 cm³/mol. The number of hydrogen-bond acceptors (Lipinski definition) is 6. The van der Waals surface area contributed by atoms with Crippen molar-refractivity contribution in [1.29, 1.82) is 0 Å². The van der Waals surface area contributed by atoms with Crippen LogP contribution in [0.25, 0.3) is 10.9 Å². The number of fused-ring (bicyclic) bond motifs is 1. The minimum absolute atomic E-state index is 0.350. The standard InChI is InChI=1S/C24H23ClN4O2/c1-2-3-13-30-22-9-6-8-20-23(22)24(28-16-27-20)29-17-10-11-21(19(25)14-17)31-15-18-7-4-5-12-26-18/h4-12,14,16H,2-3,13,15H2,1H3,(H,27,28,29). The van der Waals surface area contributed by atoms with Crippen molar-refractivity contribution >= 4 is 34.0 Å². The summed E-state index contributed by atoms with van der Waals surface area (Å²) in [5.41, 5.74) is 2.44. The molecule has 0 saturated heterocycles. The number of nitrogens with zero attached hydrogens (tertiary/aromatic N) is 3. The molecule has 0 radical (unpaired) electrons. The van der Waals surface area contributed by atoms with Crippen LogP contribution in [0.2, 0.25) is 5.02 Å². The average Bonchev–Trinajstić information content (AvgIpc) is 2.80. The van der Waals surface area contributed by atoms with Crippen LogP contribution in [0.15, 0.2) is 67.1 Å². The fourth-order valence-corrected chi connectivity index (χ4v) is 3.32. The van der Waals surface area contributed by atoms with Gasteiger partial charge in [-0.25, -0.2) is 9.97 Å². The van der Waals surface area contributed by atoms with E-state index < -0.39 is 0 Å². The van der Waals surface area contributed by atoms with Gasteiger partial charge >= 0.3 is 0 Å². The molecule has 4 rings (SSSR count). The summed E-state index contributed by atoms with van der Waals surface area (Å²) < 4.78 is 11.8. The van der Waals surface area contributed by atoms with Crippen molar-refractivity contribution in [3.63, 3.8) is 0 Å². The van der Waals surface area contributed by atoms with Crippen molar-refractivity contribution in [3.8, 4) is 11.5 Å². The van der Waals surface area contributed by atoms with Gasteiger partial charge in [-0.1, -0.05) is 37.1 Å². The molecule has 0 aliphatic rings. The van der Waals surface area contributed by atoms with Gasteiger partial charge < -0.3 is 14.8 Å². The Hall–Kier alpha value is -3.38. The van der Waals surface area contributed by atoms with Crippen LogP contribution in [-0.4, -0.2) is 21.6 Å². The topological polar surface area (TPSA) is 69.2 Å². The van der Waals surface area contributed by atoms with Crippen LogP contribution in [-0.2, 0) is 6.61 Å². The molecule has 2 aromatic carbocycles. The zero-order valence-electron chi connectivity index (χ0n) is 17.2. The van der Waals surface area contributed by atoms with Crippen LogP contribution in [0.3, 0.4) is 0 Å². The molecule has 2 aromatic heterocycles. The van der Waals surface area contributed by atoms with Gasteiger partial charge in [-0.3, -0.25) is 4.98 Å². The number of unbranched alkanes of at least 4 members (excludes halogenated alkanes) is 1. The third-order valence-corrected chi connectivity index (χ3v) is 4.97. The van der Waals surface area contributed by atoms with E-state index in [1.165, 1.54) is 6.33 Å². The van der Waals surface area contributed by atoms with E-state index in [0.717, 1.165) is 40.9 Å². The third kappa shape index (κ3) is 5.22. The van der Waals surface area contributed by atoms with E-state index in [2.05, 4.69) is 27.2 Å². The smallest absolute Gasteiger partial charge is 0.145 e. The molecule has 0 aliphatic heterocycles. The van der Waals surface area contributed by atoms with E-state index in [1.807, 2.05) is 54.6 Å². The lowest BCUT2D eigenvalue weighted by molar-refractivity contribution is 0.301. The molecule has 1 N–H and O–H groups in total. The molecular weight excluding hydrogens is 412 g/mol. The quantitative estimate of drug-likeness (QED) is 0.317. The predicted octanol–water partition coefficient (Wildman–Crippen LogP) is 6.18. The summed E-state index contributed by atoms with van der Waals surface area (Å²) in [6.07, 6.45) is 5.33. The molecule has 0 aliphatic carbocycles. The van der Waals surface area contributed by atoms with Gasteiger partial charge in [0.05, 0.1) is 28.2 Å². The highest BCUT2D eigenvalue weighted by atomic mass is 35.5. The lowest BCUT2D eigenvalue weighted by Gasteiger charge is -2.14. The average molecular weight is 435 g/mol. The lowest BCUT2D eigenvalue weighted by atomic mass is 10.2. The van der Waals surface area contributed by atoms with Crippen LogP contribution in [0.5, 0.6) is 11.5 Å².